The molecule has 2 nitrogen and oxygen atoms in total. The molecule has 0 saturated carbocycles. The summed E-state index contributed by atoms with van der Waals surface area (Å²) in [5, 5.41) is 5.28. The Morgan fingerprint density at radius 3 is 2.46 bits per heavy atom. The zero-order valence-corrected chi connectivity index (χ0v) is 8.91. The van der Waals surface area contributed by atoms with Gasteiger partial charge in [0.2, 0.25) is 0 Å². The predicted molar refractivity (Wildman–Crippen MR) is 52.0 cm³/mol. The Morgan fingerprint density at radius 2 is 2.08 bits per heavy atom. The van der Waals surface area contributed by atoms with Crippen molar-refractivity contribution in [2.24, 2.45) is 0 Å². The third kappa shape index (κ3) is 1.12. The first-order valence-electron chi connectivity index (χ1n) is 4.13. The summed E-state index contributed by atoms with van der Waals surface area (Å²) < 4.78 is 5.08. The van der Waals surface area contributed by atoms with E-state index in [1.165, 1.54) is 0 Å². The number of hydrogen-bond donors (Lipinski definition) is 0. The highest BCUT2D eigenvalue weighted by molar-refractivity contribution is 6.47. The smallest absolute Gasteiger partial charge is 0.136 e. The van der Waals surface area contributed by atoms with E-state index in [4.69, 9.17) is 27.7 Å². The molecular weight excluding hydrogens is 209 g/mol. The lowest BCUT2D eigenvalue weighted by atomic mass is 10.0. The average Bonchev–Trinajstić information content (AvgIpc) is 2.65. The minimum Gasteiger partial charge on any atom is -0.361 e. The van der Waals surface area contributed by atoms with E-state index in [2.05, 4.69) is 5.16 Å². The van der Waals surface area contributed by atoms with E-state index >= 15 is 0 Å². The zero-order chi connectivity index (χ0) is 9.64. The van der Waals surface area contributed by atoms with Crippen LogP contribution in [0, 0.1) is 0 Å². The van der Waals surface area contributed by atoms with E-state index in [0.29, 0.717) is 10.1 Å². The summed E-state index contributed by atoms with van der Waals surface area (Å²) in [6.45, 7) is 3.95. The van der Waals surface area contributed by atoms with E-state index in [1.54, 1.807) is 0 Å². The monoisotopic (exact) mass is 217 g/mol. The zero-order valence-electron chi connectivity index (χ0n) is 7.40. The average molecular weight is 218 g/mol. The SMILES string of the molecule is CCc1cc(C2(C)C(Cl)=C2Cl)no1. The Morgan fingerprint density at radius 1 is 1.46 bits per heavy atom. The summed E-state index contributed by atoms with van der Waals surface area (Å²) in [5.74, 6) is 0.858. The lowest BCUT2D eigenvalue weighted by molar-refractivity contribution is 0.377. The molecule has 0 atom stereocenters. The molecule has 4 heteroatoms. The molecule has 0 saturated heterocycles. The van der Waals surface area contributed by atoms with Crippen LogP contribution in [-0.4, -0.2) is 5.16 Å². The van der Waals surface area contributed by atoms with Crippen LogP contribution in [0.15, 0.2) is 20.7 Å². The summed E-state index contributed by atoms with van der Waals surface area (Å²) in [6.07, 6.45) is 0.832. The fourth-order valence-electron chi connectivity index (χ4n) is 1.24. The van der Waals surface area contributed by atoms with Crippen LogP contribution < -0.4 is 0 Å². The van der Waals surface area contributed by atoms with Gasteiger partial charge >= 0.3 is 0 Å². The molecule has 0 radical (unpaired) electrons. The van der Waals surface area contributed by atoms with Gasteiger partial charge in [0, 0.05) is 12.5 Å². The number of nitrogens with zero attached hydrogens (tertiary/aromatic N) is 1. The first-order valence-corrected chi connectivity index (χ1v) is 4.88. The van der Waals surface area contributed by atoms with E-state index in [0.717, 1.165) is 17.9 Å². The summed E-state index contributed by atoms with van der Waals surface area (Å²) in [4.78, 5) is 0. The molecule has 2 rings (SSSR count). The van der Waals surface area contributed by atoms with Crippen molar-refractivity contribution in [3.63, 3.8) is 0 Å². The van der Waals surface area contributed by atoms with E-state index in [9.17, 15) is 0 Å². The molecular formula is C9H9Cl2NO. The minimum absolute atomic E-state index is 0.361. The molecule has 1 aliphatic rings. The van der Waals surface area contributed by atoms with Crippen molar-refractivity contribution >= 4 is 23.2 Å². The Balaban J connectivity index is 2.29. The number of allylic oxidation sites excluding steroid dienone is 2. The first-order chi connectivity index (χ1) is 6.10. The van der Waals surface area contributed by atoms with Crippen molar-refractivity contribution in [2.75, 3.05) is 0 Å². The van der Waals surface area contributed by atoms with Crippen LogP contribution in [-0.2, 0) is 11.8 Å². The second kappa shape index (κ2) is 2.76. The van der Waals surface area contributed by atoms with Crippen LogP contribution >= 0.6 is 23.2 Å². The predicted octanol–water partition coefficient (Wildman–Crippen LogP) is 3.20. The van der Waals surface area contributed by atoms with Crippen LogP contribution in [0.5, 0.6) is 0 Å². The van der Waals surface area contributed by atoms with Crippen molar-refractivity contribution in [1.82, 2.24) is 5.16 Å². The number of aryl methyl sites for hydroxylation is 1. The summed E-state index contributed by atoms with van der Waals surface area (Å²) >= 11 is 11.8. The molecule has 70 valence electrons. The van der Waals surface area contributed by atoms with Gasteiger partial charge in [-0.05, 0) is 6.92 Å². The topological polar surface area (TPSA) is 26.0 Å². The summed E-state index contributed by atoms with van der Waals surface area (Å²) in [7, 11) is 0. The van der Waals surface area contributed by atoms with Gasteiger partial charge in [-0.2, -0.15) is 0 Å². The van der Waals surface area contributed by atoms with Gasteiger partial charge in [-0.1, -0.05) is 35.3 Å². The molecule has 1 heterocycles. The Labute approximate surface area is 86.5 Å². The molecule has 0 N–H and O–H groups in total. The van der Waals surface area contributed by atoms with Crippen molar-refractivity contribution in [1.29, 1.82) is 0 Å². The number of aromatic nitrogens is 1. The standard InChI is InChI=1S/C9H9Cl2NO/c1-3-5-4-6(12-13-5)9(2)7(10)8(9)11/h4H,3H2,1-2H3. The van der Waals surface area contributed by atoms with Gasteiger partial charge in [-0.25, -0.2) is 0 Å². The van der Waals surface area contributed by atoms with Gasteiger partial charge in [0.25, 0.3) is 0 Å². The van der Waals surface area contributed by atoms with Crippen LogP contribution in [0.4, 0.5) is 0 Å². The van der Waals surface area contributed by atoms with E-state index in [-0.39, 0.29) is 5.41 Å². The minimum atomic E-state index is -0.361. The molecule has 0 spiro atoms. The molecule has 0 aromatic carbocycles. The molecule has 1 aliphatic carbocycles. The maximum absolute atomic E-state index is 5.90. The maximum atomic E-state index is 5.90. The molecule has 0 unspecified atom stereocenters. The molecule has 0 fully saturated rings. The molecule has 1 aromatic heterocycles. The van der Waals surface area contributed by atoms with Crippen molar-refractivity contribution in [2.45, 2.75) is 25.7 Å². The van der Waals surface area contributed by atoms with Crippen molar-refractivity contribution < 1.29 is 4.52 Å². The quantitative estimate of drug-likeness (QED) is 0.761. The second-order valence-corrected chi connectivity index (χ2v) is 4.04. The number of rotatable bonds is 2. The second-order valence-electron chi connectivity index (χ2n) is 3.28. The van der Waals surface area contributed by atoms with E-state index < -0.39 is 0 Å². The summed E-state index contributed by atoms with van der Waals surface area (Å²) in [5.41, 5.74) is 0.444. The van der Waals surface area contributed by atoms with Gasteiger partial charge in [-0.3, -0.25) is 0 Å². The molecule has 0 amide bonds. The van der Waals surface area contributed by atoms with Gasteiger partial charge in [0.05, 0.1) is 15.5 Å². The fourth-order valence-corrected chi connectivity index (χ4v) is 1.96. The lowest BCUT2D eigenvalue weighted by Crippen LogP contribution is -2.05. The normalized spacial score (nSPS) is 19.4. The van der Waals surface area contributed by atoms with Crippen molar-refractivity contribution in [3.05, 3.63) is 27.6 Å². The van der Waals surface area contributed by atoms with Crippen LogP contribution in [0.3, 0.4) is 0 Å². The third-order valence-corrected chi connectivity index (χ3v) is 3.66. The first kappa shape index (κ1) is 9.10. The molecule has 0 bridgehead atoms. The number of hydrogen-bond acceptors (Lipinski definition) is 2. The van der Waals surface area contributed by atoms with Crippen LogP contribution in [0.25, 0.3) is 0 Å². The van der Waals surface area contributed by atoms with Gasteiger partial charge in [-0.15, -0.1) is 0 Å². The molecule has 1 aromatic rings. The van der Waals surface area contributed by atoms with Crippen LogP contribution in [0.1, 0.15) is 25.3 Å². The van der Waals surface area contributed by atoms with Crippen molar-refractivity contribution in [3.8, 4) is 0 Å². The third-order valence-electron chi connectivity index (χ3n) is 2.43. The fraction of sp³-hybridized carbons (Fsp3) is 0.444. The molecule has 13 heavy (non-hydrogen) atoms. The van der Waals surface area contributed by atoms with Crippen LogP contribution in [0.2, 0.25) is 0 Å². The summed E-state index contributed by atoms with van der Waals surface area (Å²) in [6, 6.07) is 1.90. The lowest BCUT2D eigenvalue weighted by Gasteiger charge is -2.03. The highest BCUT2D eigenvalue weighted by Gasteiger charge is 2.51. The molecule has 0 aliphatic heterocycles. The van der Waals surface area contributed by atoms with E-state index in [1.807, 2.05) is 19.9 Å². The van der Waals surface area contributed by atoms with Gasteiger partial charge < -0.3 is 4.52 Å². The largest absolute Gasteiger partial charge is 0.361 e. The Hall–Kier alpha value is -0.470. The number of halogens is 2. The Bertz CT molecular complexity index is 369. The Kier molecular flexibility index (Phi) is 1.93. The highest BCUT2D eigenvalue weighted by Crippen LogP contribution is 2.57. The van der Waals surface area contributed by atoms with Gasteiger partial charge in [0.15, 0.2) is 0 Å². The highest BCUT2D eigenvalue weighted by atomic mass is 35.5. The van der Waals surface area contributed by atoms with Gasteiger partial charge in [0.1, 0.15) is 11.5 Å². The maximum Gasteiger partial charge on any atom is 0.136 e.